The zero-order valence-corrected chi connectivity index (χ0v) is 10.1. The largest absolute Gasteiger partial charge is 0.365 e. The predicted molar refractivity (Wildman–Crippen MR) is 63.0 cm³/mol. The van der Waals surface area contributed by atoms with E-state index < -0.39 is 5.79 Å². The molecule has 1 N–H and O–H groups in total. The maximum Gasteiger partial charge on any atom is 0.176 e. The lowest BCUT2D eigenvalue weighted by Crippen LogP contribution is -2.53. The van der Waals surface area contributed by atoms with E-state index in [1.165, 1.54) is 0 Å². The molecule has 1 aromatic carbocycles. The Kier molecular flexibility index (Phi) is 3.02. The van der Waals surface area contributed by atoms with Gasteiger partial charge in [-0.15, -0.1) is 0 Å². The van der Waals surface area contributed by atoms with Crippen molar-refractivity contribution in [1.82, 2.24) is 4.90 Å². The van der Waals surface area contributed by atoms with Crippen molar-refractivity contribution in [2.75, 3.05) is 13.6 Å². The van der Waals surface area contributed by atoms with Crippen molar-refractivity contribution in [2.45, 2.75) is 31.8 Å². The molecule has 0 saturated carbocycles. The number of β-amino-alcohol motifs (C(OH)–C–C–N with tert-alkyl or cyclic N) is 1. The van der Waals surface area contributed by atoms with Crippen LogP contribution in [0.15, 0.2) is 30.3 Å². The van der Waals surface area contributed by atoms with Gasteiger partial charge in [-0.3, -0.25) is 4.90 Å². The SMILES string of the molecule is C[C@H]1[C@H](c2ccccc2)OC(C)(O)CN1C. The van der Waals surface area contributed by atoms with Crippen LogP contribution < -0.4 is 0 Å². The van der Waals surface area contributed by atoms with Crippen LogP contribution in [-0.2, 0) is 4.74 Å². The van der Waals surface area contributed by atoms with Gasteiger partial charge >= 0.3 is 0 Å². The molecule has 3 atom stereocenters. The van der Waals surface area contributed by atoms with E-state index in [1.807, 2.05) is 37.4 Å². The highest BCUT2D eigenvalue weighted by Gasteiger charge is 2.38. The number of morpholine rings is 1. The summed E-state index contributed by atoms with van der Waals surface area (Å²) in [6.45, 7) is 4.37. The van der Waals surface area contributed by atoms with Gasteiger partial charge in [0.1, 0.15) is 6.10 Å². The predicted octanol–water partition coefficient (Wildman–Crippen LogP) is 1.79. The molecule has 0 amide bonds. The van der Waals surface area contributed by atoms with E-state index in [-0.39, 0.29) is 12.1 Å². The maximum atomic E-state index is 10.0. The molecule has 3 heteroatoms. The monoisotopic (exact) mass is 221 g/mol. The number of hydrogen-bond donors (Lipinski definition) is 1. The Balaban J connectivity index is 2.26. The van der Waals surface area contributed by atoms with E-state index in [2.05, 4.69) is 11.8 Å². The molecule has 3 nitrogen and oxygen atoms in total. The third-order valence-corrected chi connectivity index (χ3v) is 3.19. The van der Waals surface area contributed by atoms with Crippen molar-refractivity contribution < 1.29 is 9.84 Å². The van der Waals surface area contributed by atoms with E-state index in [9.17, 15) is 5.11 Å². The van der Waals surface area contributed by atoms with Crippen LogP contribution in [0.1, 0.15) is 25.5 Å². The summed E-state index contributed by atoms with van der Waals surface area (Å²) in [6, 6.07) is 10.3. The van der Waals surface area contributed by atoms with Crippen LogP contribution >= 0.6 is 0 Å². The second-order valence-electron chi connectivity index (χ2n) is 4.78. The van der Waals surface area contributed by atoms with E-state index in [1.54, 1.807) is 6.92 Å². The Morgan fingerprint density at radius 1 is 1.38 bits per heavy atom. The van der Waals surface area contributed by atoms with Gasteiger partial charge in [0.25, 0.3) is 0 Å². The zero-order valence-electron chi connectivity index (χ0n) is 10.1. The Labute approximate surface area is 96.6 Å². The van der Waals surface area contributed by atoms with Crippen molar-refractivity contribution in [2.24, 2.45) is 0 Å². The van der Waals surface area contributed by atoms with E-state index >= 15 is 0 Å². The number of nitrogens with zero attached hydrogens (tertiary/aromatic N) is 1. The first kappa shape index (κ1) is 11.6. The van der Waals surface area contributed by atoms with Gasteiger partial charge in [0.05, 0.1) is 6.54 Å². The number of rotatable bonds is 1. The number of aliphatic hydroxyl groups is 1. The molecular formula is C13H19NO2. The van der Waals surface area contributed by atoms with Gasteiger partial charge in [-0.1, -0.05) is 30.3 Å². The molecule has 1 heterocycles. The molecule has 0 bridgehead atoms. The van der Waals surface area contributed by atoms with Crippen LogP contribution in [-0.4, -0.2) is 35.4 Å². The molecular weight excluding hydrogens is 202 g/mol. The molecule has 0 radical (unpaired) electrons. The zero-order chi connectivity index (χ0) is 11.8. The van der Waals surface area contributed by atoms with Gasteiger partial charge in [-0.2, -0.15) is 0 Å². The lowest BCUT2D eigenvalue weighted by molar-refractivity contribution is -0.270. The number of benzene rings is 1. The minimum Gasteiger partial charge on any atom is -0.365 e. The molecule has 1 aliphatic heterocycles. The van der Waals surface area contributed by atoms with Crippen molar-refractivity contribution >= 4 is 0 Å². The van der Waals surface area contributed by atoms with Crippen LogP contribution in [0.2, 0.25) is 0 Å². The van der Waals surface area contributed by atoms with Crippen molar-refractivity contribution in [3.63, 3.8) is 0 Å². The second-order valence-corrected chi connectivity index (χ2v) is 4.78. The highest BCUT2D eigenvalue weighted by atomic mass is 16.6. The summed E-state index contributed by atoms with van der Waals surface area (Å²) in [7, 11) is 2.01. The maximum absolute atomic E-state index is 10.0. The highest BCUT2D eigenvalue weighted by Crippen LogP contribution is 2.33. The molecule has 0 spiro atoms. The molecule has 0 aromatic heterocycles. The lowest BCUT2D eigenvalue weighted by atomic mass is 9.99. The molecule has 1 aromatic rings. The summed E-state index contributed by atoms with van der Waals surface area (Å²) < 4.78 is 5.76. The van der Waals surface area contributed by atoms with Gasteiger partial charge in [0.15, 0.2) is 5.79 Å². The molecule has 1 aliphatic rings. The molecule has 1 saturated heterocycles. The van der Waals surface area contributed by atoms with Gasteiger partial charge in [-0.25, -0.2) is 0 Å². The Morgan fingerprint density at radius 2 is 2.00 bits per heavy atom. The van der Waals surface area contributed by atoms with Crippen LogP contribution in [0, 0.1) is 0 Å². The highest BCUT2D eigenvalue weighted by molar-refractivity contribution is 5.19. The standard InChI is InChI=1S/C13H19NO2/c1-10-12(11-7-5-4-6-8-11)16-13(2,15)9-14(10)3/h4-8,10,12,15H,9H2,1-3H3/t10-,12+,13?/m0/s1. The van der Waals surface area contributed by atoms with Gasteiger partial charge in [-0.05, 0) is 26.5 Å². The van der Waals surface area contributed by atoms with Crippen molar-refractivity contribution in [3.05, 3.63) is 35.9 Å². The minimum absolute atomic E-state index is 0.0741. The van der Waals surface area contributed by atoms with Crippen molar-refractivity contribution in [1.29, 1.82) is 0 Å². The number of hydrogen-bond acceptors (Lipinski definition) is 3. The topological polar surface area (TPSA) is 32.7 Å². The third kappa shape index (κ3) is 2.26. The molecule has 1 unspecified atom stereocenters. The quantitative estimate of drug-likeness (QED) is 0.784. The first-order chi connectivity index (χ1) is 7.49. The lowest BCUT2D eigenvalue weighted by Gasteiger charge is -2.44. The third-order valence-electron chi connectivity index (χ3n) is 3.19. The fourth-order valence-electron chi connectivity index (χ4n) is 2.24. The smallest absolute Gasteiger partial charge is 0.176 e. The molecule has 16 heavy (non-hydrogen) atoms. The molecule has 0 aliphatic carbocycles. The van der Waals surface area contributed by atoms with Gasteiger partial charge in [0.2, 0.25) is 0 Å². The van der Waals surface area contributed by atoms with E-state index in [0.29, 0.717) is 6.54 Å². The molecule has 2 rings (SSSR count). The summed E-state index contributed by atoms with van der Waals surface area (Å²) in [5.74, 6) is -1.07. The number of likely N-dealkylation sites (N-methyl/N-ethyl adjacent to an activating group) is 1. The van der Waals surface area contributed by atoms with Gasteiger partial charge < -0.3 is 9.84 Å². The Hall–Kier alpha value is -0.900. The molecule has 88 valence electrons. The second kappa shape index (κ2) is 4.17. The summed E-state index contributed by atoms with van der Waals surface area (Å²) in [5, 5.41) is 10.0. The first-order valence-electron chi connectivity index (χ1n) is 5.65. The average molecular weight is 221 g/mol. The summed E-state index contributed by atoms with van der Waals surface area (Å²) in [4.78, 5) is 2.13. The normalized spacial score (nSPS) is 36.2. The fourth-order valence-corrected chi connectivity index (χ4v) is 2.24. The number of ether oxygens (including phenoxy) is 1. The summed E-state index contributed by atoms with van der Waals surface area (Å²) in [5.41, 5.74) is 1.11. The summed E-state index contributed by atoms with van der Waals surface area (Å²) in [6.07, 6.45) is -0.0741. The van der Waals surface area contributed by atoms with Crippen LogP contribution in [0.3, 0.4) is 0 Å². The van der Waals surface area contributed by atoms with Crippen LogP contribution in [0.4, 0.5) is 0 Å². The minimum atomic E-state index is -1.07. The van der Waals surface area contributed by atoms with E-state index in [0.717, 1.165) is 5.56 Å². The first-order valence-corrected chi connectivity index (χ1v) is 5.65. The van der Waals surface area contributed by atoms with Gasteiger partial charge in [0, 0.05) is 6.04 Å². The Morgan fingerprint density at radius 3 is 2.62 bits per heavy atom. The average Bonchev–Trinajstić information content (AvgIpc) is 2.24. The Bertz CT molecular complexity index is 350. The van der Waals surface area contributed by atoms with E-state index in [4.69, 9.17) is 4.74 Å². The van der Waals surface area contributed by atoms with Crippen LogP contribution in [0.25, 0.3) is 0 Å². The molecule has 1 fully saturated rings. The van der Waals surface area contributed by atoms with Crippen LogP contribution in [0.5, 0.6) is 0 Å². The summed E-state index contributed by atoms with van der Waals surface area (Å²) >= 11 is 0. The van der Waals surface area contributed by atoms with Crippen molar-refractivity contribution in [3.8, 4) is 0 Å². The fraction of sp³-hybridized carbons (Fsp3) is 0.538.